The Balaban J connectivity index is 1.69. The summed E-state index contributed by atoms with van der Waals surface area (Å²) in [5.74, 6) is 1.69. The van der Waals surface area contributed by atoms with Gasteiger partial charge in [0.1, 0.15) is 5.82 Å². The third-order valence-electron chi connectivity index (χ3n) is 4.58. The van der Waals surface area contributed by atoms with E-state index < -0.39 is 0 Å². The third-order valence-corrected chi connectivity index (χ3v) is 4.58. The first kappa shape index (κ1) is 14.0. The number of aromatic amines is 1. The van der Waals surface area contributed by atoms with E-state index in [4.69, 9.17) is 0 Å². The van der Waals surface area contributed by atoms with E-state index in [0.717, 1.165) is 37.3 Å². The summed E-state index contributed by atoms with van der Waals surface area (Å²) in [6.45, 7) is 3.79. The Kier molecular flexibility index (Phi) is 3.37. The molecule has 0 aliphatic carbocycles. The lowest BCUT2D eigenvalue weighted by molar-refractivity contribution is 0.535. The van der Waals surface area contributed by atoms with Crippen molar-refractivity contribution in [2.75, 3.05) is 11.4 Å². The number of hydrogen-bond acceptors (Lipinski definition) is 4. The van der Waals surface area contributed by atoms with Gasteiger partial charge in [-0.05, 0) is 31.9 Å². The first-order valence-corrected chi connectivity index (χ1v) is 7.96. The number of anilines is 1. The van der Waals surface area contributed by atoms with Crippen LogP contribution in [0, 0.1) is 6.92 Å². The van der Waals surface area contributed by atoms with Gasteiger partial charge in [-0.15, -0.1) is 0 Å². The summed E-state index contributed by atoms with van der Waals surface area (Å²) in [6, 6.07) is 7.79. The molecular weight excluding hydrogens is 290 g/mol. The highest BCUT2D eigenvalue weighted by Gasteiger charge is 2.27. The van der Waals surface area contributed by atoms with E-state index >= 15 is 0 Å². The number of aromatic nitrogens is 4. The molecule has 0 amide bonds. The van der Waals surface area contributed by atoms with Crippen LogP contribution in [0.3, 0.4) is 0 Å². The summed E-state index contributed by atoms with van der Waals surface area (Å²) < 4.78 is 2.15. The third kappa shape index (κ3) is 2.50. The second-order valence-corrected chi connectivity index (χ2v) is 6.02. The molecule has 23 heavy (non-hydrogen) atoms. The standard InChI is InChI=1S/C17H19N5O/c1-12-18-8-10-21(12)11-13-5-4-9-22(13)17-19-15-7-3-2-6-14(15)16(23)20-17/h2-3,6-8,10,13H,4-5,9,11H2,1H3,(H,19,20,23). The van der Waals surface area contributed by atoms with Gasteiger partial charge in [-0.2, -0.15) is 0 Å². The molecule has 1 N–H and O–H groups in total. The zero-order valence-corrected chi connectivity index (χ0v) is 13.1. The van der Waals surface area contributed by atoms with E-state index in [1.807, 2.05) is 37.5 Å². The maximum atomic E-state index is 12.3. The highest BCUT2D eigenvalue weighted by molar-refractivity contribution is 5.78. The molecule has 1 atom stereocenters. The second kappa shape index (κ2) is 5.53. The lowest BCUT2D eigenvalue weighted by Gasteiger charge is -2.26. The number of rotatable bonds is 3. The molecule has 1 saturated heterocycles. The van der Waals surface area contributed by atoms with Crippen molar-refractivity contribution in [2.45, 2.75) is 32.4 Å². The van der Waals surface area contributed by atoms with Crippen LogP contribution >= 0.6 is 0 Å². The fourth-order valence-electron chi connectivity index (χ4n) is 3.34. The predicted molar refractivity (Wildman–Crippen MR) is 89.7 cm³/mol. The molecule has 118 valence electrons. The highest BCUT2D eigenvalue weighted by atomic mass is 16.1. The molecule has 2 aromatic heterocycles. The van der Waals surface area contributed by atoms with Gasteiger partial charge in [-0.25, -0.2) is 9.97 Å². The monoisotopic (exact) mass is 309 g/mol. The van der Waals surface area contributed by atoms with Crippen molar-refractivity contribution in [3.05, 3.63) is 52.8 Å². The van der Waals surface area contributed by atoms with Crippen LogP contribution in [0.2, 0.25) is 0 Å². The highest BCUT2D eigenvalue weighted by Crippen LogP contribution is 2.24. The molecule has 6 nitrogen and oxygen atoms in total. The Labute approximate surface area is 133 Å². The molecule has 1 aliphatic heterocycles. The summed E-state index contributed by atoms with van der Waals surface area (Å²) in [5.41, 5.74) is 0.672. The lowest BCUT2D eigenvalue weighted by Crippen LogP contribution is -2.35. The number of nitrogens with one attached hydrogen (secondary N) is 1. The fraction of sp³-hybridized carbons (Fsp3) is 0.353. The number of hydrogen-bond donors (Lipinski definition) is 1. The number of H-pyrrole nitrogens is 1. The van der Waals surface area contributed by atoms with Crippen molar-refractivity contribution >= 4 is 16.9 Å². The molecule has 0 bridgehead atoms. The normalized spacial score (nSPS) is 18.0. The summed E-state index contributed by atoms with van der Waals surface area (Å²) in [5, 5.41) is 0.637. The number of benzene rings is 1. The minimum atomic E-state index is -0.0740. The average Bonchev–Trinajstić information content (AvgIpc) is 3.17. The van der Waals surface area contributed by atoms with Crippen LogP contribution in [0.25, 0.3) is 10.9 Å². The molecule has 1 aliphatic rings. The Bertz CT molecular complexity index is 897. The van der Waals surface area contributed by atoms with E-state index in [9.17, 15) is 4.79 Å². The first-order chi connectivity index (χ1) is 11.2. The van der Waals surface area contributed by atoms with Gasteiger partial charge in [-0.3, -0.25) is 9.78 Å². The van der Waals surface area contributed by atoms with E-state index in [-0.39, 0.29) is 5.56 Å². The maximum absolute atomic E-state index is 12.3. The molecule has 3 aromatic rings. The van der Waals surface area contributed by atoms with Crippen LogP contribution in [0.5, 0.6) is 0 Å². The average molecular weight is 309 g/mol. The van der Waals surface area contributed by atoms with Gasteiger partial charge in [0.25, 0.3) is 5.56 Å². The number of aryl methyl sites for hydroxylation is 1. The van der Waals surface area contributed by atoms with E-state index in [2.05, 4.69) is 24.4 Å². The van der Waals surface area contributed by atoms with E-state index in [0.29, 0.717) is 17.4 Å². The van der Waals surface area contributed by atoms with Crippen LogP contribution < -0.4 is 10.5 Å². The Morgan fingerprint density at radius 3 is 3.04 bits per heavy atom. The number of imidazole rings is 1. The van der Waals surface area contributed by atoms with Crippen molar-refractivity contribution in [2.24, 2.45) is 0 Å². The Morgan fingerprint density at radius 2 is 2.22 bits per heavy atom. The number of nitrogens with zero attached hydrogens (tertiary/aromatic N) is 4. The molecule has 3 heterocycles. The molecule has 0 radical (unpaired) electrons. The maximum Gasteiger partial charge on any atom is 0.260 e. The Hall–Kier alpha value is -2.63. The van der Waals surface area contributed by atoms with Gasteiger partial charge in [0, 0.05) is 31.5 Å². The topological polar surface area (TPSA) is 66.8 Å². The number of para-hydroxylation sites is 1. The summed E-state index contributed by atoms with van der Waals surface area (Å²) in [4.78, 5) is 26.4. The van der Waals surface area contributed by atoms with Crippen molar-refractivity contribution in [1.29, 1.82) is 0 Å². The van der Waals surface area contributed by atoms with E-state index in [1.54, 1.807) is 6.07 Å². The summed E-state index contributed by atoms with van der Waals surface area (Å²) in [7, 11) is 0. The fourth-order valence-corrected chi connectivity index (χ4v) is 3.34. The summed E-state index contributed by atoms with van der Waals surface area (Å²) in [6.07, 6.45) is 6.02. The molecule has 1 aromatic carbocycles. The zero-order chi connectivity index (χ0) is 15.8. The molecule has 1 fully saturated rings. The van der Waals surface area contributed by atoms with Crippen molar-refractivity contribution in [3.8, 4) is 0 Å². The molecule has 0 saturated carbocycles. The quantitative estimate of drug-likeness (QED) is 0.804. The van der Waals surface area contributed by atoms with Gasteiger partial charge in [0.05, 0.1) is 10.9 Å². The van der Waals surface area contributed by atoms with Crippen LogP contribution in [-0.2, 0) is 6.54 Å². The van der Waals surface area contributed by atoms with Crippen LogP contribution in [0.1, 0.15) is 18.7 Å². The van der Waals surface area contributed by atoms with Crippen LogP contribution in [0.4, 0.5) is 5.95 Å². The molecule has 4 rings (SSSR count). The van der Waals surface area contributed by atoms with Crippen molar-refractivity contribution in [3.63, 3.8) is 0 Å². The van der Waals surface area contributed by atoms with Crippen molar-refractivity contribution < 1.29 is 0 Å². The van der Waals surface area contributed by atoms with E-state index in [1.165, 1.54) is 0 Å². The van der Waals surface area contributed by atoms with Gasteiger partial charge in [0.15, 0.2) is 0 Å². The van der Waals surface area contributed by atoms with Gasteiger partial charge in [-0.1, -0.05) is 12.1 Å². The predicted octanol–water partition coefficient (Wildman–Crippen LogP) is 2.10. The van der Waals surface area contributed by atoms with Gasteiger partial charge >= 0.3 is 0 Å². The minimum Gasteiger partial charge on any atom is -0.338 e. The largest absolute Gasteiger partial charge is 0.338 e. The first-order valence-electron chi connectivity index (χ1n) is 7.96. The number of fused-ring (bicyclic) bond motifs is 1. The van der Waals surface area contributed by atoms with Gasteiger partial charge in [0.2, 0.25) is 5.95 Å². The molecule has 0 spiro atoms. The molecule has 6 heteroatoms. The SMILES string of the molecule is Cc1nccn1CC1CCCN1c1nc2ccccc2c(=O)[nH]1. The minimum absolute atomic E-state index is 0.0740. The molecular formula is C17H19N5O. The molecule has 1 unspecified atom stereocenters. The van der Waals surface area contributed by atoms with Gasteiger partial charge < -0.3 is 9.47 Å². The van der Waals surface area contributed by atoms with Crippen molar-refractivity contribution in [1.82, 2.24) is 19.5 Å². The summed E-state index contributed by atoms with van der Waals surface area (Å²) >= 11 is 0. The smallest absolute Gasteiger partial charge is 0.260 e. The van der Waals surface area contributed by atoms with Crippen LogP contribution in [-0.4, -0.2) is 32.1 Å². The lowest BCUT2D eigenvalue weighted by atomic mass is 10.2. The second-order valence-electron chi connectivity index (χ2n) is 6.02. The Morgan fingerprint density at radius 1 is 1.35 bits per heavy atom. The zero-order valence-electron chi connectivity index (χ0n) is 13.1. The van der Waals surface area contributed by atoms with Crippen LogP contribution in [0.15, 0.2) is 41.5 Å².